The summed E-state index contributed by atoms with van der Waals surface area (Å²) >= 11 is 0. The number of aliphatic carboxylic acids is 1. The molecule has 0 fully saturated rings. The number of carboxylic acids is 1. The van der Waals surface area contributed by atoms with Crippen molar-refractivity contribution in [3.05, 3.63) is 0 Å². The lowest BCUT2D eigenvalue weighted by molar-refractivity contribution is -0.136. The molecule has 0 rings (SSSR count). The van der Waals surface area contributed by atoms with Crippen LogP contribution < -0.4 is 10.6 Å². The molecule has 0 aliphatic rings. The molecule has 0 amide bonds. The first-order valence-electron chi connectivity index (χ1n) is 2.97. The van der Waals surface area contributed by atoms with Crippen molar-refractivity contribution >= 4 is 25.4 Å². The van der Waals surface area contributed by atoms with Crippen molar-refractivity contribution in [1.29, 1.82) is 0 Å². The van der Waals surface area contributed by atoms with Crippen molar-refractivity contribution in [2.24, 2.45) is 10.6 Å². The Morgan fingerprint density at radius 2 is 1.92 bits per heavy atom. The summed E-state index contributed by atoms with van der Waals surface area (Å²) in [5.74, 6) is -1.40. The molecule has 74 valence electrons. The molecule has 0 aromatic carbocycles. The summed E-state index contributed by atoms with van der Waals surface area (Å²) < 4.78 is 20.8. The summed E-state index contributed by atoms with van der Waals surface area (Å²) in [5.41, 5.74) is 4.42. The number of primary sulfonamides is 1. The van der Waals surface area contributed by atoms with E-state index in [2.05, 4.69) is 10.6 Å². The molecule has 12 heavy (non-hydrogen) atoms. The van der Waals surface area contributed by atoms with Gasteiger partial charge < -0.3 is 10.6 Å². The monoisotopic (exact) mass is 216 g/mol. The highest BCUT2D eigenvalue weighted by atomic mass is 32.2. The van der Waals surface area contributed by atoms with Crippen LogP contribution in [0.25, 0.3) is 0 Å². The Hall–Kier alpha value is -0.230. The Morgan fingerprint density at radius 1 is 1.58 bits per heavy atom. The fourth-order valence-corrected chi connectivity index (χ4v) is 1.29. The van der Waals surface area contributed by atoms with E-state index in [0.717, 1.165) is 0 Å². The van der Waals surface area contributed by atoms with E-state index in [9.17, 15) is 13.2 Å². The van der Waals surface area contributed by atoms with Crippen LogP contribution in [0.4, 0.5) is 0 Å². The standard InChI is InChI=1S/C4H9NO4S.H4NP/c1-2-3(4(6)7)10(5,8)9;1-2/h3H,2H2,1H3,(H,6,7)(H2,5,8,9);1-2H2. The molecule has 0 bridgehead atoms. The Labute approximate surface area is 73.6 Å². The van der Waals surface area contributed by atoms with Crippen molar-refractivity contribution in [1.82, 2.24) is 0 Å². The van der Waals surface area contributed by atoms with Crippen LogP contribution in [0.1, 0.15) is 13.3 Å². The van der Waals surface area contributed by atoms with Crippen LogP contribution >= 0.6 is 9.39 Å². The molecule has 0 saturated heterocycles. The van der Waals surface area contributed by atoms with Crippen molar-refractivity contribution < 1.29 is 18.3 Å². The molecule has 0 aliphatic heterocycles. The number of hydrogen-bond donors (Lipinski definition) is 3. The second-order valence-electron chi connectivity index (χ2n) is 1.82. The molecule has 5 N–H and O–H groups in total. The third-order valence-corrected chi connectivity index (χ3v) is 2.37. The SMILES string of the molecule is CCC(C(=O)O)S(N)(=O)=O.NP. The van der Waals surface area contributed by atoms with Gasteiger partial charge in [-0.05, 0) is 6.42 Å². The van der Waals surface area contributed by atoms with Crippen LogP contribution in [0.3, 0.4) is 0 Å². The van der Waals surface area contributed by atoms with Gasteiger partial charge in [0.15, 0.2) is 5.25 Å². The van der Waals surface area contributed by atoms with Crippen LogP contribution in [0.2, 0.25) is 0 Å². The van der Waals surface area contributed by atoms with E-state index >= 15 is 0 Å². The maximum Gasteiger partial charge on any atom is 0.323 e. The van der Waals surface area contributed by atoms with E-state index in [1.54, 1.807) is 0 Å². The van der Waals surface area contributed by atoms with Crippen LogP contribution in [0.5, 0.6) is 0 Å². The highest BCUT2D eigenvalue weighted by Crippen LogP contribution is 2.00. The van der Waals surface area contributed by atoms with Gasteiger partial charge in [-0.3, -0.25) is 4.79 Å². The minimum atomic E-state index is -3.91. The van der Waals surface area contributed by atoms with Gasteiger partial charge in [0.1, 0.15) is 0 Å². The van der Waals surface area contributed by atoms with Gasteiger partial charge in [-0.15, -0.1) is 0 Å². The quantitative estimate of drug-likeness (QED) is 0.515. The average molecular weight is 216 g/mol. The molecule has 0 spiro atoms. The number of carboxylic acid groups (broad SMARTS) is 1. The molecular formula is C4H13N2O4PS. The molecule has 0 aromatic rings. The highest BCUT2D eigenvalue weighted by Gasteiger charge is 2.26. The molecule has 8 heteroatoms. The lowest BCUT2D eigenvalue weighted by atomic mass is 10.3. The minimum Gasteiger partial charge on any atom is -0.480 e. The Kier molecular flexibility index (Phi) is 7.51. The number of sulfonamides is 1. The molecule has 0 saturated carbocycles. The topological polar surface area (TPSA) is 123 Å². The van der Waals surface area contributed by atoms with Crippen molar-refractivity contribution in [3.63, 3.8) is 0 Å². The van der Waals surface area contributed by atoms with Gasteiger partial charge in [0.2, 0.25) is 10.0 Å². The molecule has 6 nitrogen and oxygen atoms in total. The highest BCUT2D eigenvalue weighted by molar-refractivity contribution is 7.90. The van der Waals surface area contributed by atoms with Gasteiger partial charge in [-0.25, -0.2) is 13.6 Å². The smallest absolute Gasteiger partial charge is 0.323 e. The second kappa shape index (κ2) is 6.30. The molecule has 0 aromatic heterocycles. The number of carbonyl (C=O) groups is 1. The first-order chi connectivity index (χ1) is 5.39. The van der Waals surface area contributed by atoms with Gasteiger partial charge in [-0.2, -0.15) is 0 Å². The maximum atomic E-state index is 10.4. The van der Waals surface area contributed by atoms with Gasteiger partial charge in [-0.1, -0.05) is 16.3 Å². The molecule has 2 unspecified atom stereocenters. The van der Waals surface area contributed by atoms with Crippen LogP contribution in [-0.2, 0) is 14.8 Å². The lowest BCUT2D eigenvalue weighted by Gasteiger charge is -2.04. The van der Waals surface area contributed by atoms with Gasteiger partial charge in [0.25, 0.3) is 0 Å². The largest absolute Gasteiger partial charge is 0.480 e. The Balaban J connectivity index is 0. The summed E-state index contributed by atoms with van der Waals surface area (Å²) in [4.78, 5) is 10.1. The zero-order valence-corrected chi connectivity index (χ0v) is 8.57. The van der Waals surface area contributed by atoms with Crippen molar-refractivity contribution in [3.8, 4) is 0 Å². The Bertz CT molecular complexity index is 227. The molecular weight excluding hydrogens is 203 g/mol. The number of rotatable bonds is 3. The van der Waals surface area contributed by atoms with Crippen LogP contribution in [0.15, 0.2) is 0 Å². The summed E-state index contributed by atoms with van der Waals surface area (Å²) in [6, 6.07) is 0. The van der Waals surface area contributed by atoms with E-state index in [0.29, 0.717) is 0 Å². The average Bonchev–Trinajstić information content (AvgIpc) is 1.89. The van der Waals surface area contributed by atoms with E-state index in [4.69, 9.17) is 5.11 Å². The summed E-state index contributed by atoms with van der Waals surface area (Å²) in [6.07, 6.45) is -0.00579. The third-order valence-electron chi connectivity index (χ3n) is 1.04. The minimum absolute atomic E-state index is 0.00579. The summed E-state index contributed by atoms with van der Waals surface area (Å²) in [5, 5.41) is 11.4. The van der Waals surface area contributed by atoms with E-state index in [-0.39, 0.29) is 6.42 Å². The summed E-state index contributed by atoms with van der Waals surface area (Å²) in [7, 11) is -2.00. The zero-order valence-electron chi connectivity index (χ0n) is 6.60. The third kappa shape index (κ3) is 5.42. The lowest BCUT2D eigenvalue weighted by Crippen LogP contribution is -2.34. The van der Waals surface area contributed by atoms with Gasteiger partial charge in [0.05, 0.1) is 0 Å². The first kappa shape index (κ1) is 14.3. The van der Waals surface area contributed by atoms with Crippen LogP contribution in [0, 0.1) is 0 Å². The zero-order chi connectivity index (χ0) is 10.4. The summed E-state index contributed by atoms with van der Waals surface area (Å²) in [6.45, 7) is 1.45. The first-order valence-corrected chi connectivity index (χ1v) is 5.25. The Morgan fingerprint density at radius 3 is 1.92 bits per heavy atom. The predicted octanol–water partition coefficient (Wildman–Crippen LogP) is -1.13. The van der Waals surface area contributed by atoms with Crippen LogP contribution in [-0.4, -0.2) is 24.7 Å². The fourth-order valence-electron chi connectivity index (χ4n) is 0.547. The molecule has 2 atom stereocenters. The van der Waals surface area contributed by atoms with Crippen molar-refractivity contribution in [2.75, 3.05) is 0 Å². The van der Waals surface area contributed by atoms with Gasteiger partial charge in [0, 0.05) is 0 Å². The molecule has 0 aliphatic carbocycles. The van der Waals surface area contributed by atoms with E-state index in [1.807, 2.05) is 9.39 Å². The maximum absolute atomic E-state index is 10.4. The van der Waals surface area contributed by atoms with E-state index < -0.39 is 21.2 Å². The number of nitrogens with two attached hydrogens (primary N) is 2. The van der Waals surface area contributed by atoms with Crippen molar-refractivity contribution in [2.45, 2.75) is 18.6 Å². The normalized spacial score (nSPS) is 12.7. The predicted molar refractivity (Wildman–Crippen MR) is 48.7 cm³/mol. The van der Waals surface area contributed by atoms with E-state index in [1.165, 1.54) is 6.92 Å². The molecule has 0 heterocycles. The molecule has 0 radical (unpaired) electrons. The number of hydrogen-bond acceptors (Lipinski definition) is 4. The van der Waals surface area contributed by atoms with Gasteiger partial charge >= 0.3 is 5.97 Å². The fraction of sp³-hybridized carbons (Fsp3) is 0.750. The second-order valence-corrected chi connectivity index (χ2v) is 3.57.